The van der Waals surface area contributed by atoms with Crippen molar-refractivity contribution in [2.45, 2.75) is 340 Å². The van der Waals surface area contributed by atoms with Gasteiger partial charge in [0, 0.05) is 0 Å². The molecule has 0 aromatic heterocycles. The molecule has 0 rings (SSSR count). The highest BCUT2D eigenvalue weighted by molar-refractivity contribution is 5.11. The normalized spacial score (nSPS) is 12.6. The van der Waals surface area contributed by atoms with E-state index in [9.17, 15) is 15.3 Å². The number of hydrogen-bond acceptors (Lipinski definition) is 3. The Balaban J connectivity index is 6.21. The molecule has 0 aliphatic rings. The van der Waals surface area contributed by atoms with Crippen molar-refractivity contribution in [2.75, 3.05) is 0 Å². The summed E-state index contributed by atoms with van der Waals surface area (Å²) in [5, 5.41) is 39.7. The van der Waals surface area contributed by atoms with Gasteiger partial charge in [0.15, 0.2) is 0 Å². The fourth-order valence-electron chi connectivity index (χ4n) is 9.70. The van der Waals surface area contributed by atoms with Crippen molar-refractivity contribution < 1.29 is 15.3 Å². The van der Waals surface area contributed by atoms with E-state index in [-0.39, 0.29) is 0 Å². The minimum atomic E-state index is -1.47. The Hall–Kier alpha value is -0.120. The second-order valence-electron chi connectivity index (χ2n) is 19.0. The molecule has 0 saturated heterocycles. The number of aliphatic hydroxyl groups is 3. The third-order valence-electron chi connectivity index (χ3n) is 13.7. The highest BCUT2D eigenvalue weighted by atomic mass is 16.4. The van der Waals surface area contributed by atoms with Crippen LogP contribution < -0.4 is 0 Å². The van der Waals surface area contributed by atoms with Crippen LogP contribution in [0.1, 0.15) is 324 Å². The van der Waals surface area contributed by atoms with E-state index in [2.05, 4.69) is 34.6 Å². The lowest BCUT2D eigenvalue weighted by Gasteiger charge is -2.54. The summed E-state index contributed by atoms with van der Waals surface area (Å²) >= 11 is 0. The summed E-state index contributed by atoms with van der Waals surface area (Å²) in [6, 6.07) is 0. The Morgan fingerprint density at radius 1 is 0.196 bits per heavy atom. The van der Waals surface area contributed by atoms with Crippen LogP contribution in [0.2, 0.25) is 0 Å². The molecule has 338 valence electrons. The van der Waals surface area contributed by atoms with Crippen LogP contribution in [0.4, 0.5) is 0 Å². The molecule has 0 saturated carbocycles. The lowest BCUT2D eigenvalue weighted by Crippen LogP contribution is -2.68. The molecular formula is C53H108O3. The summed E-state index contributed by atoms with van der Waals surface area (Å²) < 4.78 is 0. The molecular weight excluding hydrogens is 685 g/mol. The van der Waals surface area contributed by atoms with E-state index in [1.807, 2.05) is 0 Å². The molecule has 0 atom stereocenters. The number of rotatable bonds is 47. The molecule has 0 spiro atoms. The summed E-state index contributed by atoms with van der Waals surface area (Å²) in [5.41, 5.74) is -3.95. The van der Waals surface area contributed by atoms with Crippen LogP contribution in [0.3, 0.4) is 0 Å². The van der Waals surface area contributed by atoms with Gasteiger partial charge in [-0.1, -0.05) is 291 Å². The molecule has 0 fully saturated rings. The fourth-order valence-corrected chi connectivity index (χ4v) is 9.70. The van der Waals surface area contributed by atoms with Gasteiger partial charge in [-0.25, -0.2) is 0 Å². The predicted octanol–water partition coefficient (Wildman–Crippen LogP) is 17.8. The first-order valence-electron chi connectivity index (χ1n) is 26.5. The molecule has 0 aliphatic heterocycles. The molecule has 3 N–H and O–H groups in total. The van der Waals surface area contributed by atoms with Crippen molar-refractivity contribution in [3.8, 4) is 0 Å². The van der Waals surface area contributed by atoms with Crippen molar-refractivity contribution in [3.05, 3.63) is 0 Å². The van der Waals surface area contributed by atoms with Gasteiger partial charge in [0.1, 0.15) is 5.60 Å². The zero-order chi connectivity index (χ0) is 41.3. The molecule has 0 aliphatic carbocycles. The van der Waals surface area contributed by atoms with E-state index in [0.29, 0.717) is 32.1 Å². The van der Waals surface area contributed by atoms with Crippen LogP contribution in [-0.4, -0.2) is 32.1 Å². The molecule has 0 aromatic rings. The fraction of sp³-hybridized carbons (Fsp3) is 1.00. The lowest BCUT2D eigenvalue weighted by molar-refractivity contribution is -0.261. The maximum atomic E-state index is 13.4. The zero-order valence-corrected chi connectivity index (χ0v) is 39.7. The highest BCUT2D eigenvalue weighted by Gasteiger charge is 2.59. The Morgan fingerprint density at radius 2 is 0.339 bits per heavy atom. The monoisotopic (exact) mass is 793 g/mol. The Labute approximate surface area is 354 Å². The van der Waals surface area contributed by atoms with E-state index < -0.39 is 16.8 Å². The van der Waals surface area contributed by atoms with Crippen LogP contribution in [0, 0.1) is 0 Å². The van der Waals surface area contributed by atoms with Gasteiger partial charge in [0.05, 0.1) is 11.2 Å². The summed E-state index contributed by atoms with van der Waals surface area (Å²) in [6.45, 7) is 11.4. The van der Waals surface area contributed by atoms with Crippen LogP contribution in [-0.2, 0) is 0 Å². The van der Waals surface area contributed by atoms with Crippen LogP contribution >= 0.6 is 0 Å². The van der Waals surface area contributed by atoms with Gasteiger partial charge in [-0.15, -0.1) is 0 Å². The highest BCUT2D eigenvalue weighted by Crippen LogP contribution is 2.48. The molecule has 0 heterocycles. The van der Waals surface area contributed by atoms with Gasteiger partial charge in [-0.05, 0) is 32.1 Å². The topological polar surface area (TPSA) is 60.7 Å². The number of unbranched alkanes of at least 4 members (excludes halogenated alkanes) is 35. The SMILES string of the molecule is CCCCCCCCCCC(O)(CCCCCCCCCC)C(O)(CCCCCCCCCC)C(O)(CCCCCCCCCC)CCCCCCCCCC. The molecule has 0 unspecified atom stereocenters. The van der Waals surface area contributed by atoms with Gasteiger partial charge >= 0.3 is 0 Å². The summed E-state index contributed by atoms with van der Waals surface area (Å²) in [4.78, 5) is 0. The Bertz CT molecular complexity index is 674. The maximum Gasteiger partial charge on any atom is 0.122 e. The average molecular weight is 793 g/mol. The van der Waals surface area contributed by atoms with Crippen molar-refractivity contribution in [1.29, 1.82) is 0 Å². The first kappa shape index (κ1) is 55.9. The molecule has 3 heteroatoms. The van der Waals surface area contributed by atoms with Gasteiger partial charge in [-0.2, -0.15) is 0 Å². The second kappa shape index (κ2) is 40.3. The zero-order valence-electron chi connectivity index (χ0n) is 39.7. The smallest absolute Gasteiger partial charge is 0.122 e. The molecule has 0 amide bonds. The standard InChI is InChI=1S/C53H108O3/c1-6-11-16-21-26-31-36-41-46-51(54,47-42-37-32-27-22-17-12-7-2)53(56,50-45-40-35-30-25-20-15-10-5)52(55,48-43-38-33-28-23-18-13-8-3)49-44-39-34-29-24-19-14-9-4/h54-56H,6-50H2,1-5H3. The molecule has 0 radical (unpaired) electrons. The molecule has 3 nitrogen and oxygen atoms in total. The Kier molecular flexibility index (Phi) is 40.2. The quantitative estimate of drug-likeness (QED) is 0.0538. The lowest BCUT2D eigenvalue weighted by atomic mass is 9.61. The minimum absolute atomic E-state index is 0.539. The average Bonchev–Trinajstić information content (AvgIpc) is 3.19. The van der Waals surface area contributed by atoms with Crippen molar-refractivity contribution in [1.82, 2.24) is 0 Å². The van der Waals surface area contributed by atoms with E-state index in [0.717, 1.165) is 64.2 Å². The molecule has 0 aromatic carbocycles. The molecule has 56 heavy (non-hydrogen) atoms. The largest absolute Gasteiger partial charge is 0.387 e. The van der Waals surface area contributed by atoms with Crippen molar-refractivity contribution in [2.24, 2.45) is 0 Å². The van der Waals surface area contributed by atoms with Gasteiger partial charge in [-0.3, -0.25) is 0 Å². The predicted molar refractivity (Wildman–Crippen MR) is 251 cm³/mol. The van der Waals surface area contributed by atoms with E-state index in [1.54, 1.807) is 0 Å². The third kappa shape index (κ3) is 28.4. The van der Waals surface area contributed by atoms with Gasteiger partial charge in [0.2, 0.25) is 0 Å². The van der Waals surface area contributed by atoms with E-state index >= 15 is 0 Å². The molecule has 0 bridgehead atoms. The second-order valence-corrected chi connectivity index (χ2v) is 19.0. The van der Waals surface area contributed by atoms with Gasteiger partial charge < -0.3 is 15.3 Å². The first-order valence-corrected chi connectivity index (χ1v) is 26.5. The van der Waals surface area contributed by atoms with Crippen LogP contribution in [0.15, 0.2) is 0 Å². The number of hydrogen-bond donors (Lipinski definition) is 3. The van der Waals surface area contributed by atoms with Crippen LogP contribution in [0.5, 0.6) is 0 Å². The van der Waals surface area contributed by atoms with Crippen molar-refractivity contribution >= 4 is 0 Å². The summed E-state index contributed by atoms with van der Waals surface area (Å²) in [6.07, 6.45) is 52.1. The Morgan fingerprint density at radius 3 is 0.518 bits per heavy atom. The van der Waals surface area contributed by atoms with E-state index in [1.165, 1.54) is 193 Å². The summed E-state index contributed by atoms with van der Waals surface area (Å²) in [5.74, 6) is 0. The van der Waals surface area contributed by atoms with Gasteiger partial charge in [0.25, 0.3) is 0 Å². The summed E-state index contributed by atoms with van der Waals surface area (Å²) in [7, 11) is 0. The van der Waals surface area contributed by atoms with Crippen molar-refractivity contribution in [3.63, 3.8) is 0 Å². The first-order chi connectivity index (χ1) is 27.3. The van der Waals surface area contributed by atoms with Crippen LogP contribution in [0.25, 0.3) is 0 Å². The van der Waals surface area contributed by atoms with E-state index in [4.69, 9.17) is 0 Å². The minimum Gasteiger partial charge on any atom is -0.387 e. The third-order valence-corrected chi connectivity index (χ3v) is 13.7. The maximum absolute atomic E-state index is 13.4.